The monoisotopic (exact) mass is 358 g/mol. The molecule has 1 fully saturated rings. The molecule has 2 aromatic rings. The lowest BCUT2D eigenvalue weighted by Gasteiger charge is -2.34. The van der Waals surface area contributed by atoms with Crippen molar-refractivity contribution in [1.29, 1.82) is 0 Å². The van der Waals surface area contributed by atoms with Crippen LogP contribution in [-0.2, 0) is 11.2 Å². The van der Waals surface area contributed by atoms with Crippen LogP contribution in [0.3, 0.4) is 0 Å². The number of benzene rings is 1. The molecule has 1 saturated heterocycles. The van der Waals surface area contributed by atoms with Crippen LogP contribution in [0.1, 0.15) is 36.4 Å². The van der Waals surface area contributed by atoms with E-state index < -0.39 is 0 Å². The fraction of sp³-hybridized carbons (Fsp3) is 0.450. The van der Waals surface area contributed by atoms with Gasteiger partial charge in [0.15, 0.2) is 0 Å². The zero-order valence-electron chi connectivity index (χ0n) is 14.7. The molecule has 134 valence electrons. The second-order valence-electron chi connectivity index (χ2n) is 6.50. The second-order valence-corrected chi connectivity index (χ2v) is 7.28. The average molecular weight is 359 g/mol. The Kier molecular flexibility index (Phi) is 6.48. The third-order valence-electron chi connectivity index (χ3n) is 4.78. The number of methoxy groups -OCH3 is 1. The molecule has 4 nitrogen and oxygen atoms in total. The molecule has 1 atom stereocenters. The van der Waals surface area contributed by atoms with Crippen molar-refractivity contribution in [1.82, 2.24) is 10.2 Å². The number of amides is 1. The largest absolute Gasteiger partial charge is 0.497 e. The van der Waals surface area contributed by atoms with Crippen LogP contribution in [0.5, 0.6) is 5.75 Å². The summed E-state index contributed by atoms with van der Waals surface area (Å²) in [5, 5.41) is 7.46. The molecule has 5 heteroatoms. The van der Waals surface area contributed by atoms with Crippen molar-refractivity contribution in [2.24, 2.45) is 0 Å². The number of nitrogens with one attached hydrogen (secondary N) is 1. The summed E-state index contributed by atoms with van der Waals surface area (Å²) in [6, 6.07) is 10.1. The first-order valence-electron chi connectivity index (χ1n) is 8.92. The number of carbonyl (C=O) groups excluding carboxylic acids is 1. The molecule has 3 rings (SSSR count). The molecule has 1 aliphatic heterocycles. The van der Waals surface area contributed by atoms with Gasteiger partial charge < -0.3 is 10.1 Å². The van der Waals surface area contributed by atoms with Crippen molar-refractivity contribution in [3.63, 3.8) is 0 Å². The van der Waals surface area contributed by atoms with E-state index in [1.807, 2.05) is 24.3 Å². The predicted octanol–water partition coefficient (Wildman–Crippen LogP) is 3.64. The number of thiophene rings is 1. The van der Waals surface area contributed by atoms with E-state index in [2.05, 4.69) is 27.0 Å². The van der Waals surface area contributed by atoms with E-state index in [1.165, 1.54) is 24.8 Å². The number of ether oxygens (including phenoxy) is 1. The Balaban J connectivity index is 1.57. The van der Waals surface area contributed by atoms with Crippen LogP contribution in [0.25, 0.3) is 0 Å². The van der Waals surface area contributed by atoms with Crippen LogP contribution >= 0.6 is 11.3 Å². The maximum atomic E-state index is 12.4. The van der Waals surface area contributed by atoms with E-state index in [-0.39, 0.29) is 11.9 Å². The molecule has 1 aromatic heterocycles. The number of rotatable bonds is 7. The van der Waals surface area contributed by atoms with E-state index in [9.17, 15) is 4.79 Å². The summed E-state index contributed by atoms with van der Waals surface area (Å²) >= 11 is 1.72. The number of carbonyl (C=O) groups is 1. The highest BCUT2D eigenvalue weighted by Crippen LogP contribution is 2.25. The lowest BCUT2D eigenvalue weighted by molar-refractivity contribution is -0.120. The molecule has 2 heterocycles. The Labute approximate surface area is 153 Å². The zero-order valence-corrected chi connectivity index (χ0v) is 15.6. The minimum atomic E-state index is 0.0717. The highest BCUT2D eigenvalue weighted by Gasteiger charge is 2.23. The first-order chi connectivity index (χ1) is 12.3. The van der Waals surface area contributed by atoms with Gasteiger partial charge in [-0.2, -0.15) is 11.3 Å². The van der Waals surface area contributed by atoms with Gasteiger partial charge >= 0.3 is 0 Å². The van der Waals surface area contributed by atoms with Gasteiger partial charge in [-0.15, -0.1) is 0 Å². The quantitative estimate of drug-likeness (QED) is 0.821. The van der Waals surface area contributed by atoms with Crippen LogP contribution in [0.2, 0.25) is 0 Å². The van der Waals surface area contributed by atoms with Gasteiger partial charge in [-0.3, -0.25) is 9.69 Å². The number of likely N-dealkylation sites (tertiary alicyclic amines) is 1. The van der Waals surface area contributed by atoms with Crippen molar-refractivity contribution in [3.8, 4) is 5.75 Å². The summed E-state index contributed by atoms with van der Waals surface area (Å²) < 4.78 is 5.16. The van der Waals surface area contributed by atoms with Gasteiger partial charge in [-0.1, -0.05) is 18.6 Å². The van der Waals surface area contributed by atoms with E-state index >= 15 is 0 Å². The first-order valence-corrected chi connectivity index (χ1v) is 9.86. The smallest absolute Gasteiger partial charge is 0.224 e. The summed E-state index contributed by atoms with van der Waals surface area (Å²) in [4.78, 5) is 14.9. The molecule has 0 aliphatic carbocycles. The molecule has 25 heavy (non-hydrogen) atoms. The van der Waals surface area contributed by atoms with Gasteiger partial charge in [0, 0.05) is 6.54 Å². The second kappa shape index (κ2) is 9.02. The minimum absolute atomic E-state index is 0.0717. The molecular formula is C20H26N2O2S. The minimum Gasteiger partial charge on any atom is -0.497 e. The summed E-state index contributed by atoms with van der Waals surface area (Å²) in [5.74, 6) is 0.884. The fourth-order valence-corrected chi connectivity index (χ4v) is 4.06. The van der Waals surface area contributed by atoms with E-state index in [4.69, 9.17) is 4.74 Å². The van der Waals surface area contributed by atoms with Gasteiger partial charge in [0.25, 0.3) is 0 Å². The van der Waals surface area contributed by atoms with Crippen LogP contribution in [0.15, 0.2) is 41.1 Å². The standard InChI is InChI=1S/C20H26N2O2S/c1-24-18-7-5-16(6-8-18)13-20(23)21-14-19(17-9-12-25-15-17)22-10-3-2-4-11-22/h5-9,12,15,19H,2-4,10-11,13-14H2,1H3,(H,21,23). The highest BCUT2D eigenvalue weighted by molar-refractivity contribution is 7.07. The molecule has 0 spiro atoms. The molecule has 0 radical (unpaired) electrons. The van der Waals surface area contributed by atoms with Gasteiger partial charge in [-0.25, -0.2) is 0 Å². The van der Waals surface area contributed by atoms with E-state index in [0.29, 0.717) is 13.0 Å². The fourth-order valence-electron chi connectivity index (χ4n) is 3.35. The third kappa shape index (κ3) is 5.06. The number of hydrogen-bond donors (Lipinski definition) is 1. The third-order valence-corrected chi connectivity index (χ3v) is 5.48. The Bertz CT molecular complexity index is 649. The number of piperidine rings is 1. The van der Waals surface area contributed by atoms with Gasteiger partial charge in [0.05, 0.1) is 19.6 Å². The molecule has 1 unspecified atom stereocenters. The van der Waals surface area contributed by atoms with Crippen molar-refractivity contribution in [2.45, 2.75) is 31.7 Å². The topological polar surface area (TPSA) is 41.6 Å². The van der Waals surface area contributed by atoms with Gasteiger partial charge in [0.2, 0.25) is 5.91 Å². The summed E-state index contributed by atoms with van der Waals surface area (Å²) in [6.07, 6.45) is 4.22. The number of hydrogen-bond acceptors (Lipinski definition) is 4. The first kappa shape index (κ1) is 18.0. The normalized spacial score (nSPS) is 16.4. The molecule has 1 amide bonds. The lowest BCUT2D eigenvalue weighted by Crippen LogP contribution is -2.40. The summed E-state index contributed by atoms with van der Waals surface area (Å²) in [5.41, 5.74) is 2.32. The molecule has 1 N–H and O–H groups in total. The lowest BCUT2D eigenvalue weighted by atomic mass is 10.0. The molecular weight excluding hydrogens is 332 g/mol. The summed E-state index contributed by atoms with van der Waals surface area (Å²) in [6.45, 7) is 2.91. The Morgan fingerprint density at radius 2 is 1.96 bits per heavy atom. The van der Waals surface area contributed by atoms with Crippen molar-refractivity contribution < 1.29 is 9.53 Å². The zero-order chi connectivity index (χ0) is 17.5. The van der Waals surface area contributed by atoms with Crippen molar-refractivity contribution >= 4 is 17.2 Å². The molecule has 1 aliphatic rings. The van der Waals surface area contributed by atoms with Gasteiger partial charge in [0.1, 0.15) is 5.75 Å². The maximum Gasteiger partial charge on any atom is 0.224 e. The number of nitrogens with zero attached hydrogens (tertiary/aromatic N) is 1. The van der Waals surface area contributed by atoms with Crippen molar-refractivity contribution in [3.05, 3.63) is 52.2 Å². The summed E-state index contributed by atoms with van der Waals surface area (Å²) in [7, 11) is 1.65. The van der Waals surface area contributed by atoms with Crippen LogP contribution in [0.4, 0.5) is 0 Å². The van der Waals surface area contributed by atoms with E-state index in [0.717, 1.165) is 24.4 Å². The van der Waals surface area contributed by atoms with Crippen LogP contribution < -0.4 is 10.1 Å². The van der Waals surface area contributed by atoms with Crippen molar-refractivity contribution in [2.75, 3.05) is 26.7 Å². The predicted molar refractivity (Wildman–Crippen MR) is 102 cm³/mol. The van der Waals surface area contributed by atoms with Crippen LogP contribution in [-0.4, -0.2) is 37.6 Å². The Morgan fingerprint density at radius 3 is 2.60 bits per heavy atom. The van der Waals surface area contributed by atoms with E-state index in [1.54, 1.807) is 18.4 Å². The van der Waals surface area contributed by atoms with Crippen LogP contribution in [0, 0.1) is 0 Å². The Hall–Kier alpha value is -1.85. The Morgan fingerprint density at radius 1 is 1.20 bits per heavy atom. The maximum absolute atomic E-state index is 12.4. The molecule has 1 aromatic carbocycles. The average Bonchev–Trinajstić information content (AvgIpc) is 3.18. The highest BCUT2D eigenvalue weighted by atomic mass is 32.1. The SMILES string of the molecule is COc1ccc(CC(=O)NCC(c2ccsc2)N2CCCCC2)cc1. The molecule has 0 bridgehead atoms. The van der Waals surface area contributed by atoms with Gasteiger partial charge in [-0.05, 0) is 66.0 Å². The molecule has 0 saturated carbocycles.